The molecule has 0 aliphatic carbocycles. The third kappa shape index (κ3) is 2.74. The van der Waals surface area contributed by atoms with Crippen molar-refractivity contribution in [3.05, 3.63) is 27.8 Å². The number of nitrogens with one attached hydrogen (secondary N) is 1. The molecule has 1 fully saturated rings. The van der Waals surface area contributed by atoms with Gasteiger partial charge in [-0.2, -0.15) is 0 Å². The summed E-state index contributed by atoms with van der Waals surface area (Å²) in [7, 11) is 0. The molecule has 5 heterocycles. The Balaban J connectivity index is 1.82. The Morgan fingerprint density at radius 2 is 2.07 bits per heavy atom. The molecule has 0 unspecified atom stereocenters. The normalized spacial score (nSPS) is 19.3. The molecule has 7 nitrogen and oxygen atoms in total. The Bertz CT molecular complexity index is 1130. The van der Waals surface area contributed by atoms with Crippen LogP contribution in [-0.4, -0.2) is 41.5 Å². The Kier molecular flexibility index (Phi) is 4.19. The molecule has 0 radical (unpaired) electrons. The van der Waals surface area contributed by atoms with E-state index in [0.717, 1.165) is 59.0 Å². The number of ether oxygens (including phenoxy) is 2. The van der Waals surface area contributed by atoms with Crippen molar-refractivity contribution in [1.82, 2.24) is 9.55 Å². The van der Waals surface area contributed by atoms with Crippen LogP contribution < -0.4 is 15.4 Å². The maximum Gasteiger partial charge on any atom is 0.281 e. The standard InChI is InChI=1S/C20H24N4O3S/c1-4-23-11-21-15-14-12-9-20(2,3)27-10-13(12)17(24-5-7-26-8-6-24)22-18(14)28-16(15)19(23)25/h11H,4-10H2,1-3H3/p+1. The number of pyridine rings is 1. The van der Waals surface area contributed by atoms with Crippen LogP contribution in [0, 0.1) is 0 Å². The molecular formula is C20H25N4O3S+. The van der Waals surface area contributed by atoms with Crippen molar-refractivity contribution in [3.63, 3.8) is 0 Å². The Labute approximate surface area is 166 Å². The summed E-state index contributed by atoms with van der Waals surface area (Å²) in [4.78, 5) is 24.5. The molecule has 148 valence electrons. The minimum atomic E-state index is -0.240. The third-order valence-corrected chi connectivity index (χ3v) is 6.81. The lowest BCUT2D eigenvalue weighted by Crippen LogP contribution is -2.42. The van der Waals surface area contributed by atoms with Crippen LogP contribution in [-0.2, 0) is 29.0 Å². The monoisotopic (exact) mass is 401 g/mol. The van der Waals surface area contributed by atoms with Gasteiger partial charge in [0, 0.05) is 13.0 Å². The molecule has 8 heteroatoms. The van der Waals surface area contributed by atoms with Crippen molar-refractivity contribution in [2.24, 2.45) is 0 Å². The van der Waals surface area contributed by atoms with Gasteiger partial charge in [0.05, 0.1) is 42.7 Å². The van der Waals surface area contributed by atoms with E-state index in [0.29, 0.717) is 13.2 Å². The van der Waals surface area contributed by atoms with Crippen molar-refractivity contribution in [2.75, 3.05) is 31.2 Å². The molecule has 5 rings (SSSR count). The second-order valence-corrected chi connectivity index (χ2v) is 9.10. The number of hydrogen-bond donors (Lipinski definition) is 0. The molecule has 0 saturated carbocycles. The fourth-order valence-electron chi connectivity index (χ4n) is 4.22. The van der Waals surface area contributed by atoms with E-state index in [1.807, 2.05) is 6.92 Å². The van der Waals surface area contributed by atoms with Crippen molar-refractivity contribution in [2.45, 2.75) is 45.9 Å². The topological polar surface area (TPSA) is 70.7 Å². The van der Waals surface area contributed by atoms with Crippen LogP contribution >= 0.6 is 11.3 Å². The summed E-state index contributed by atoms with van der Waals surface area (Å²) < 4.78 is 14.1. The van der Waals surface area contributed by atoms with E-state index >= 15 is 0 Å². The van der Waals surface area contributed by atoms with Gasteiger partial charge in [-0.15, -0.1) is 0 Å². The summed E-state index contributed by atoms with van der Waals surface area (Å²) in [6.45, 7) is 10.5. The van der Waals surface area contributed by atoms with Gasteiger partial charge in [0.1, 0.15) is 23.3 Å². The average molecular weight is 402 g/mol. The highest BCUT2D eigenvalue weighted by Gasteiger charge is 2.36. The third-order valence-electron chi connectivity index (χ3n) is 5.73. The summed E-state index contributed by atoms with van der Waals surface area (Å²) in [5.74, 6) is 1.10. The molecule has 2 aliphatic heterocycles. The van der Waals surface area contributed by atoms with Crippen LogP contribution in [0.25, 0.3) is 20.4 Å². The molecule has 3 aromatic rings. The molecule has 28 heavy (non-hydrogen) atoms. The van der Waals surface area contributed by atoms with Gasteiger partial charge in [-0.3, -0.25) is 14.3 Å². The number of nitrogens with zero attached hydrogens (tertiary/aromatic N) is 3. The zero-order valence-electron chi connectivity index (χ0n) is 16.5. The lowest BCUT2D eigenvalue weighted by atomic mass is 9.90. The Morgan fingerprint density at radius 1 is 1.29 bits per heavy atom. The van der Waals surface area contributed by atoms with Gasteiger partial charge in [0.25, 0.3) is 11.4 Å². The van der Waals surface area contributed by atoms with E-state index in [-0.39, 0.29) is 11.2 Å². The van der Waals surface area contributed by atoms with E-state index < -0.39 is 0 Å². The molecule has 0 spiro atoms. The number of H-pyrrole nitrogens is 1. The molecule has 2 aliphatic rings. The predicted octanol–water partition coefficient (Wildman–Crippen LogP) is 2.13. The van der Waals surface area contributed by atoms with E-state index in [9.17, 15) is 4.79 Å². The summed E-state index contributed by atoms with van der Waals surface area (Å²) >= 11 is 1.52. The maximum absolute atomic E-state index is 12.9. The number of thiophene rings is 1. The highest BCUT2D eigenvalue weighted by molar-refractivity contribution is 7.25. The van der Waals surface area contributed by atoms with Gasteiger partial charge >= 0.3 is 0 Å². The van der Waals surface area contributed by atoms with Crippen molar-refractivity contribution < 1.29 is 14.5 Å². The number of morpholine rings is 1. The van der Waals surface area contributed by atoms with Crippen molar-refractivity contribution in [1.29, 1.82) is 0 Å². The number of hydrogen-bond acceptors (Lipinski definition) is 6. The van der Waals surface area contributed by atoms with Gasteiger partial charge in [-0.25, -0.2) is 9.97 Å². The van der Waals surface area contributed by atoms with Crippen LogP contribution in [0.4, 0.5) is 5.82 Å². The molecular weight excluding hydrogens is 376 g/mol. The SMILES string of the molecule is CCn1cnc2c(sc3[nH+]c(N4CCOCC4)c4c(c32)CC(C)(C)OC4)c1=O. The number of aromatic nitrogens is 3. The first-order chi connectivity index (χ1) is 13.5. The van der Waals surface area contributed by atoms with Crippen LogP contribution in [0.5, 0.6) is 0 Å². The fraction of sp³-hybridized carbons (Fsp3) is 0.550. The molecule has 0 bridgehead atoms. The smallest absolute Gasteiger partial charge is 0.281 e. The van der Waals surface area contributed by atoms with Crippen molar-refractivity contribution >= 4 is 37.6 Å². The van der Waals surface area contributed by atoms with Gasteiger partial charge in [-0.05, 0) is 26.3 Å². The highest BCUT2D eigenvalue weighted by Crippen LogP contribution is 2.40. The lowest BCUT2D eigenvalue weighted by Gasteiger charge is -2.33. The first kappa shape index (κ1) is 18.0. The summed E-state index contributed by atoms with van der Waals surface area (Å²) in [5.41, 5.74) is 3.06. The molecule has 3 aromatic heterocycles. The molecule has 1 N–H and O–H groups in total. The minimum absolute atomic E-state index is 0.0371. The van der Waals surface area contributed by atoms with Crippen LogP contribution in [0.1, 0.15) is 31.9 Å². The number of aromatic amines is 1. The first-order valence-corrected chi connectivity index (χ1v) is 10.7. The fourth-order valence-corrected chi connectivity index (χ4v) is 5.35. The number of rotatable bonds is 2. The summed E-state index contributed by atoms with van der Waals surface area (Å²) in [6, 6.07) is 0. The maximum atomic E-state index is 12.9. The van der Waals surface area contributed by atoms with E-state index in [4.69, 9.17) is 9.47 Å². The predicted molar refractivity (Wildman–Crippen MR) is 109 cm³/mol. The minimum Gasteiger partial charge on any atom is -0.373 e. The first-order valence-electron chi connectivity index (χ1n) is 9.84. The Morgan fingerprint density at radius 3 is 2.82 bits per heavy atom. The van der Waals surface area contributed by atoms with E-state index in [2.05, 4.69) is 28.7 Å². The number of aryl methyl sites for hydroxylation is 1. The van der Waals surface area contributed by atoms with E-state index in [1.54, 1.807) is 10.9 Å². The summed E-state index contributed by atoms with van der Waals surface area (Å²) in [6.07, 6.45) is 2.47. The zero-order chi connectivity index (χ0) is 19.5. The van der Waals surface area contributed by atoms with Gasteiger partial charge < -0.3 is 9.47 Å². The highest BCUT2D eigenvalue weighted by atomic mass is 32.1. The van der Waals surface area contributed by atoms with Gasteiger partial charge in [0.15, 0.2) is 4.83 Å². The van der Waals surface area contributed by atoms with Crippen LogP contribution in [0.3, 0.4) is 0 Å². The largest absolute Gasteiger partial charge is 0.373 e. The molecule has 0 atom stereocenters. The van der Waals surface area contributed by atoms with Gasteiger partial charge in [0.2, 0.25) is 0 Å². The van der Waals surface area contributed by atoms with Gasteiger partial charge in [-0.1, -0.05) is 11.3 Å². The second kappa shape index (κ2) is 6.50. The number of anilines is 1. The molecule has 1 saturated heterocycles. The van der Waals surface area contributed by atoms with Crippen molar-refractivity contribution in [3.8, 4) is 0 Å². The lowest BCUT2D eigenvalue weighted by molar-refractivity contribution is -0.329. The average Bonchev–Trinajstić information content (AvgIpc) is 3.07. The Hall–Kier alpha value is -2.03. The van der Waals surface area contributed by atoms with Crippen LogP contribution in [0.2, 0.25) is 0 Å². The summed E-state index contributed by atoms with van der Waals surface area (Å²) in [5, 5.41) is 1.09. The quantitative estimate of drug-likeness (QED) is 0.658. The molecule has 0 aromatic carbocycles. The number of fused-ring (bicyclic) bond motifs is 5. The van der Waals surface area contributed by atoms with Crippen LogP contribution in [0.15, 0.2) is 11.1 Å². The second-order valence-electron chi connectivity index (χ2n) is 8.07. The molecule has 0 amide bonds. The zero-order valence-corrected chi connectivity index (χ0v) is 17.3. The van der Waals surface area contributed by atoms with E-state index in [1.165, 1.54) is 22.5 Å².